The molecule has 1 amide bonds. The number of halogens is 1. The predicted molar refractivity (Wildman–Crippen MR) is 131 cm³/mol. The second-order valence-corrected chi connectivity index (χ2v) is 7.84. The smallest absolute Gasteiger partial charge is 0.337 e. The lowest BCUT2D eigenvalue weighted by atomic mass is 10.1. The molecule has 0 aliphatic heterocycles. The highest BCUT2D eigenvalue weighted by Crippen LogP contribution is 2.30. The second kappa shape index (κ2) is 11.7. The summed E-state index contributed by atoms with van der Waals surface area (Å²) in [6.07, 6.45) is 1.46. The Labute approximate surface area is 205 Å². The largest absolute Gasteiger partial charge is 0.493 e. The van der Waals surface area contributed by atoms with E-state index in [1.165, 1.54) is 32.4 Å². The first-order valence-electron chi connectivity index (χ1n) is 10.1. The SMILES string of the molecule is COC(=O)c1ccc(NC(=O)/C(C#N)=C/c2ccc(OCc3ccccc3Br)c(OC)c2)cc1. The Morgan fingerprint density at radius 3 is 2.41 bits per heavy atom. The minimum absolute atomic E-state index is 0.0963. The number of nitriles is 1. The molecule has 3 rings (SSSR count). The molecule has 0 aliphatic rings. The van der Waals surface area contributed by atoms with Gasteiger partial charge in [0.25, 0.3) is 5.91 Å². The van der Waals surface area contributed by atoms with Crippen molar-refractivity contribution in [3.8, 4) is 17.6 Å². The van der Waals surface area contributed by atoms with Crippen molar-refractivity contribution in [3.05, 3.63) is 93.5 Å². The van der Waals surface area contributed by atoms with Crippen LogP contribution in [-0.2, 0) is 16.1 Å². The molecule has 0 unspecified atom stereocenters. The molecule has 0 aliphatic carbocycles. The van der Waals surface area contributed by atoms with Gasteiger partial charge < -0.3 is 19.5 Å². The Kier molecular flexibility index (Phi) is 8.43. The van der Waals surface area contributed by atoms with Crippen LogP contribution in [0, 0.1) is 11.3 Å². The maximum absolute atomic E-state index is 12.6. The summed E-state index contributed by atoms with van der Waals surface area (Å²) >= 11 is 3.49. The van der Waals surface area contributed by atoms with E-state index in [2.05, 4.69) is 26.0 Å². The van der Waals surface area contributed by atoms with Gasteiger partial charge in [-0.3, -0.25) is 4.79 Å². The number of hydrogen-bond acceptors (Lipinski definition) is 6. The first-order chi connectivity index (χ1) is 16.4. The Balaban J connectivity index is 1.73. The van der Waals surface area contributed by atoms with Crippen molar-refractivity contribution in [1.29, 1.82) is 5.26 Å². The van der Waals surface area contributed by atoms with E-state index in [1.807, 2.05) is 30.3 Å². The molecule has 0 spiro atoms. The molecule has 0 saturated carbocycles. The first-order valence-corrected chi connectivity index (χ1v) is 10.9. The normalized spacial score (nSPS) is 10.7. The molecule has 1 N–H and O–H groups in total. The lowest BCUT2D eigenvalue weighted by Crippen LogP contribution is -2.13. The van der Waals surface area contributed by atoms with Crippen molar-refractivity contribution >= 4 is 39.6 Å². The van der Waals surface area contributed by atoms with Crippen LogP contribution in [-0.4, -0.2) is 26.1 Å². The van der Waals surface area contributed by atoms with Gasteiger partial charge in [-0.1, -0.05) is 40.2 Å². The quantitative estimate of drug-likeness (QED) is 0.243. The van der Waals surface area contributed by atoms with Crippen molar-refractivity contribution in [1.82, 2.24) is 0 Å². The summed E-state index contributed by atoms with van der Waals surface area (Å²) in [5.41, 5.74) is 2.27. The van der Waals surface area contributed by atoms with Crippen LogP contribution >= 0.6 is 15.9 Å². The molecule has 172 valence electrons. The van der Waals surface area contributed by atoms with E-state index in [4.69, 9.17) is 9.47 Å². The Hall–Kier alpha value is -4.09. The molecule has 0 atom stereocenters. The molecule has 0 heterocycles. The van der Waals surface area contributed by atoms with Crippen LogP contribution < -0.4 is 14.8 Å². The predicted octanol–water partition coefficient (Wildman–Crippen LogP) is 5.37. The zero-order valence-corrected chi connectivity index (χ0v) is 20.1. The number of rotatable bonds is 8. The van der Waals surface area contributed by atoms with Crippen LogP contribution in [0.15, 0.2) is 76.8 Å². The van der Waals surface area contributed by atoms with Crippen LogP contribution in [0.1, 0.15) is 21.5 Å². The third kappa shape index (κ3) is 6.24. The second-order valence-electron chi connectivity index (χ2n) is 6.98. The van der Waals surface area contributed by atoms with Gasteiger partial charge >= 0.3 is 5.97 Å². The summed E-state index contributed by atoms with van der Waals surface area (Å²) in [5.74, 6) is -0.0595. The summed E-state index contributed by atoms with van der Waals surface area (Å²) in [6.45, 7) is 0.341. The molecule has 0 fully saturated rings. The van der Waals surface area contributed by atoms with Crippen LogP contribution in [0.3, 0.4) is 0 Å². The molecule has 7 nitrogen and oxygen atoms in total. The molecule has 8 heteroatoms. The molecule has 0 bridgehead atoms. The van der Waals surface area contributed by atoms with Gasteiger partial charge in [-0.2, -0.15) is 5.26 Å². The van der Waals surface area contributed by atoms with Crippen molar-refractivity contribution in [2.45, 2.75) is 6.61 Å². The van der Waals surface area contributed by atoms with Gasteiger partial charge in [-0.05, 0) is 54.1 Å². The van der Waals surface area contributed by atoms with Crippen molar-refractivity contribution in [3.63, 3.8) is 0 Å². The number of amides is 1. The zero-order chi connectivity index (χ0) is 24.5. The topological polar surface area (TPSA) is 97.7 Å². The van der Waals surface area contributed by atoms with E-state index in [0.29, 0.717) is 34.9 Å². The molecular weight excluding hydrogens is 500 g/mol. The standard InChI is InChI=1S/C26H21BrN2O5/c1-32-24-14-17(7-12-23(24)34-16-19-5-3-4-6-22(19)27)13-20(15-28)25(30)29-21-10-8-18(9-11-21)26(31)33-2/h3-14H,16H2,1-2H3,(H,29,30)/b20-13+. The van der Waals surface area contributed by atoms with E-state index >= 15 is 0 Å². The monoisotopic (exact) mass is 520 g/mol. The number of benzene rings is 3. The fourth-order valence-electron chi connectivity index (χ4n) is 2.99. The van der Waals surface area contributed by atoms with Gasteiger partial charge in [0.05, 0.1) is 19.8 Å². The summed E-state index contributed by atoms with van der Waals surface area (Å²) in [7, 11) is 2.81. The Bertz CT molecular complexity index is 1260. The van der Waals surface area contributed by atoms with Crippen LogP contribution in [0.4, 0.5) is 5.69 Å². The lowest BCUT2D eigenvalue weighted by Gasteiger charge is -2.12. The van der Waals surface area contributed by atoms with Gasteiger partial charge in [0.1, 0.15) is 18.2 Å². The number of carbonyl (C=O) groups is 2. The van der Waals surface area contributed by atoms with Gasteiger partial charge in [0.15, 0.2) is 11.5 Å². The number of ether oxygens (including phenoxy) is 3. The number of hydrogen-bond donors (Lipinski definition) is 1. The Morgan fingerprint density at radius 1 is 1.03 bits per heavy atom. The number of carbonyl (C=O) groups excluding carboxylic acids is 2. The molecule has 0 radical (unpaired) electrons. The van der Waals surface area contributed by atoms with E-state index in [9.17, 15) is 14.9 Å². The van der Waals surface area contributed by atoms with Gasteiger partial charge in [-0.15, -0.1) is 0 Å². The van der Waals surface area contributed by atoms with Crippen LogP contribution in [0.2, 0.25) is 0 Å². The average molecular weight is 521 g/mol. The van der Waals surface area contributed by atoms with Crippen molar-refractivity contribution in [2.75, 3.05) is 19.5 Å². The third-order valence-corrected chi connectivity index (χ3v) is 5.54. The van der Waals surface area contributed by atoms with Gasteiger partial charge in [-0.25, -0.2) is 4.79 Å². The third-order valence-electron chi connectivity index (χ3n) is 4.77. The Morgan fingerprint density at radius 2 is 1.76 bits per heavy atom. The fourth-order valence-corrected chi connectivity index (χ4v) is 3.38. The highest BCUT2D eigenvalue weighted by molar-refractivity contribution is 9.10. The highest BCUT2D eigenvalue weighted by atomic mass is 79.9. The number of nitrogens with one attached hydrogen (secondary N) is 1. The molecule has 34 heavy (non-hydrogen) atoms. The lowest BCUT2D eigenvalue weighted by molar-refractivity contribution is -0.112. The minimum atomic E-state index is -0.582. The summed E-state index contributed by atoms with van der Waals surface area (Å²) < 4.78 is 16.9. The maximum atomic E-state index is 12.6. The molecule has 0 aromatic heterocycles. The van der Waals surface area contributed by atoms with E-state index in [1.54, 1.807) is 30.3 Å². The maximum Gasteiger partial charge on any atom is 0.337 e. The number of esters is 1. The first kappa shape index (κ1) is 24.6. The van der Waals surface area contributed by atoms with E-state index in [-0.39, 0.29) is 5.57 Å². The molecular formula is C26H21BrN2O5. The molecule has 0 saturated heterocycles. The minimum Gasteiger partial charge on any atom is -0.493 e. The molecule has 3 aromatic rings. The zero-order valence-electron chi connectivity index (χ0n) is 18.5. The van der Waals surface area contributed by atoms with E-state index in [0.717, 1.165) is 10.0 Å². The van der Waals surface area contributed by atoms with Crippen LogP contribution in [0.5, 0.6) is 11.5 Å². The number of methoxy groups -OCH3 is 2. The van der Waals surface area contributed by atoms with Crippen molar-refractivity contribution < 1.29 is 23.8 Å². The summed E-state index contributed by atoms with van der Waals surface area (Å²) in [5, 5.41) is 12.1. The number of nitrogens with zero attached hydrogens (tertiary/aromatic N) is 1. The van der Waals surface area contributed by atoms with Gasteiger partial charge in [0.2, 0.25) is 0 Å². The highest BCUT2D eigenvalue weighted by Gasteiger charge is 2.12. The fraction of sp³-hybridized carbons (Fsp3) is 0.115. The van der Waals surface area contributed by atoms with Gasteiger partial charge in [0, 0.05) is 15.7 Å². The molecule has 3 aromatic carbocycles. The summed E-state index contributed by atoms with van der Waals surface area (Å²) in [4.78, 5) is 24.1. The summed E-state index contributed by atoms with van der Waals surface area (Å²) in [6, 6.07) is 20.9. The van der Waals surface area contributed by atoms with Crippen molar-refractivity contribution in [2.24, 2.45) is 0 Å². The average Bonchev–Trinajstić information content (AvgIpc) is 2.87. The van der Waals surface area contributed by atoms with E-state index < -0.39 is 11.9 Å². The van der Waals surface area contributed by atoms with Crippen LogP contribution in [0.25, 0.3) is 6.08 Å². The number of anilines is 1.